The molecule has 1 fully saturated rings. The quantitative estimate of drug-likeness (QED) is 0.661. The number of amides is 2. The molecule has 0 spiro atoms. The maximum Gasteiger partial charge on any atom is 0.291 e. The van der Waals surface area contributed by atoms with Crippen molar-refractivity contribution in [2.24, 2.45) is 0 Å². The minimum absolute atomic E-state index is 0.0198. The standard InChI is InChI=1S/C25H25N3O3/c29-24(23-12-6-18-31-23)26-22-11-4-10-21(19-22)25(30)28-16-14-27(15-17-28)13-5-9-20-7-2-1-3-8-20/h1-12,18-19H,13-17H2,(H,26,29). The van der Waals surface area contributed by atoms with E-state index < -0.39 is 0 Å². The van der Waals surface area contributed by atoms with Crippen molar-refractivity contribution in [1.29, 1.82) is 0 Å². The van der Waals surface area contributed by atoms with Crippen LogP contribution < -0.4 is 5.32 Å². The maximum atomic E-state index is 12.9. The summed E-state index contributed by atoms with van der Waals surface area (Å²) in [5, 5.41) is 2.77. The van der Waals surface area contributed by atoms with E-state index in [1.165, 1.54) is 11.8 Å². The fraction of sp³-hybridized carbons (Fsp3) is 0.200. The predicted molar refractivity (Wildman–Crippen MR) is 121 cm³/mol. The molecule has 2 aromatic carbocycles. The Morgan fingerprint density at radius 1 is 0.935 bits per heavy atom. The van der Waals surface area contributed by atoms with Crippen LogP contribution in [-0.4, -0.2) is 54.3 Å². The molecule has 0 aliphatic carbocycles. The third-order valence-corrected chi connectivity index (χ3v) is 5.25. The Bertz CT molecular complexity index is 1040. The number of hydrogen-bond donors (Lipinski definition) is 1. The van der Waals surface area contributed by atoms with E-state index in [2.05, 4.69) is 34.5 Å². The Morgan fingerprint density at radius 3 is 2.48 bits per heavy atom. The van der Waals surface area contributed by atoms with Gasteiger partial charge in [-0.15, -0.1) is 0 Å². The van der Waals surface area contributed by atoms with Gasteiger partial charge in [0.05, 0.1) is 6.26 Å². The molecular formula is C25H25N3O3. The zero-order chi connectivity index (χ0) is 21.5. The predicted octanol–water partition coefficient (Wildman–Crippen LogP) is 4.00. The van der Waals surface area contributed by atoms with Crippen molar-refractivity contribution in [2.45, 2.75) is 0 Å². The Kier molecular flexibility index (Phi) is 6.59. The van der Waals surface area contributed by atoms with Crippen LogP contribution in [-0.2, 0) is 0 Å². The summed E-state index contributed by atoms with van der Waals surface area (Å²) in [5.41, 5.74) is 2.32. The molecule has 2 heterocycles. The first kappa shape index (κ1) is 20.6. The van der Waals surface area contributed by atoms with Gasteiger partial charge < -0.3 is 14.6 Å². The molecule has 1 aromatic heterocycles. The molecule has 0 unspecified atom stereocenters. The van der Waals surface area contributed by atoms with E-state index in [0.29, 0.717) is 24.3 Å². The Labute approximate surface area is 181 Å². The average molecular weight is 415 g/mol. The van der Waals surface area contributed by atoms with Gasteiger partial charge in [0.25, 0.3) is 11.8 Å². The normalized spacial score (nSPS) is 14.6. The van der Waals surface area contributed by atoms with Crippen molar-refractivity contribution in [3.8, 4) is 0 Å². The van der Waals surface area contributed by atoms with Crippen LogP contribution in [0.25, 0.3) is 6.08 Å². The number of rotatable bonds is 6. The van der Waals surface area contributed by atoms with Crippen LogP contribution in [0.5, 0.6) is 0 Å². The lowest BCUT2D eigenvalue weighted by Gasteiger charge is -2.34. The van der Waals surface area contributed by atoms with E-state index in [0.717, 1.165) is 19.6 Å². The van der Waals surface area contributed by atoms with Gasteiger partial charge in [0, 0.05) is 44.0 Å². The van der Waals surface area contributed by atoms with Crippen LogP contribution in [0.2, 0.25) is 0 Å². The molecule has 2 amide bonds. The number of nitrogens with one attached hydrogen (secondary N) is 1. The number of anilines is 1. The summed E-state index contributed by atoms with van der Waals surface area (Å²) in [4.78, 5) is 29.3. The molecule has 1 saturated heterocycles. The highest BCUT2D eigenvalue weighted by molar-refractivity contribution is 6.03. The van der Waals surface area contributed by atoms with Crippen LogP contribution in [0.15, 0.2) is 83.5 Å². The number of nitrogens with zero attached hydrogens (tertiary/aromatic N) is 2. The minimum atomic E-state index is -0.341. The van der Waals surface area contributed by atoms with Crippen molar-refractivity contribution in [3.05, 3.63) is 96.0 Å². The average Bonchev–Trinajstić information content (AvgIpc) is 3.35. The van der Waals surface area contributed by atoms with Gasteiger partial charge >= 0.3 is 0 Å². The number of piperazine rings is 1. The maximum absolute atomic E-state index is 12.9. The van der Waals surface area contributed by atoms with Crippen LogP contribution >= 0.6 is 0 Å². The molecule has 1 aliphatic heterocycles. The van der Waals surface area contributed by atoms with Crippen LogP contribution in [0, 0.1) is 0 Å². The monoisotopic (exact) mass is 415 g/mol. The number of furan rings is 1. The number of benzene rings is 2. The molecule has 1 N–H and O–H groups in total. The second kappa shape index (κ2) is 9.91. The summed E-state index contributed by atoms with van der Waals surface area (Å²) in [6.45, 7) is 3.90. The zero-order valence-electron chi connectivity index (χ0n) is 17.2. The van der Waals surface area contributed by atoms with Gasteiger partial charge in [0.15, 0.2) is 5.76 Å². The smallest absolute Gasteiger partial charge is 0.291 e. The van der Waals surface area contributed by atoms with E-state index in [-0.39, 0.29) is 17.6 Å². The number of hydrogen-bond acceptors (Lipinski definition) is 4. The number of carbonyl (C=O) groups is 2. The molecule has 0 radical (unpaired) electrons. The number of carbonyl (C=O) groups excluding carboxylic acids is 2. The third kappa shape index (κ3) is 5.49. The molecule has 0 saturated carbocycles. The Balaban J connectivity index is 1.29. The van der Waals surface area contributed by atoms with E-state index in [4.69, 9.17) is 4.42 Å². The molecule has 1 aliphatic rings. The lowest BCUT2D eigenvalue weighted by Crippen LogP contribution is -2.48. The van der Waals surface area contributed by atoms with Crippen LogP contribution in [0.1, 0.15) is 26.5 Å². The van der Waals surface area contributed by atoms with Gasteiger partial charge in [0.1, 0.15) is 0 Å². The van der Waals surface area contributed by atoms with E-state index in [1.807, 2.05) is 23.1 Å². The summed E-state index contributed by atoms with van der Waals surface area (Å²) in [6.07, 6.45) is 5.74. The first-order valence-electron chi connectivity index (χ1n) is 10.4. The molecule has 31 heavy (non-hydrogen) atoms. The van der Waals surface area contributed by atoms with Crippen molar-refractivity contribution in [2.75, 3.05) is 38.0 Å². The second-order valence-corrected chi connectivity index (χ2v) is 7.42. The Hall–Kier alpha value is -3.64. The summed E-state index contributed by atoms with van der Waals surface area (Å²) < 4.78 is 5.11. The van der Waals surface area contributed by atoms with Crippen molar-refractivity contribution in [3.63, 3.8) is 0 Å². The Morgan fingerprint density at radius 2 is 1.74 bits per heavy atom. The summed E-state index contributed by atoms with van der Waals surface area (Å²) in [5.74, 6) is -0.130. The van der Waals surface area contributed by atoms with Gasteiger partial charge in [-0.3, -0.25) is 14.5 Å². The molecule has 6 nitrogen and oxygen atoms in total. The first-order valence-corrected chi connectivity index (χ1v) is 10.4. The van der Waals surface area contributed by atoms with Crippen LogP contribution in [0.4, 0.5) is 5.69 Å². The lowest BCUT2D eigenvalue weighted by atomic mass is 10.1. The molecular weight excluding hydrogens is 390 g/mol. The van der Waals surface area contributed by atoms with Gasteiger partial charge in [-0.05, 0) is 35.9 Å². The fourth-order valence-corrected chi connectivity index (χ4v) is 3.55. The third-order valence-electron chi connectivity index (χ3n) is 5.25. The molecule has 158 valence electrons. The molecule has 0 bridgehead atoms. The van der Waals surface area contributed by atoms with Crippen molar-refractivity contribution >= 4 is 23.6 Å². The topological polar surface area (TPSA) is 65.8 Å². The summed E-state index contributed by atoms with van der Waals surface area (Å²) in [7, 11) is 0. The van der Waals surface area contributed by atoms with E-state index in [1.54, 1.807) is 36.4 Å². The highest BCUT2D eigenvalue weighted by Gasteiger charge is 2.22. The van der Waals surface area contributed by atoms with Crippen molar-refractivity contribution < 1.29 is 14.0 Å². The fourth-order valence-electron chi connectivity index (χ4n) is 3.55. The summed E-state index contributed by atoms with van der Waals surface area (Å²) >= 11 is 0. The van der Waals surface area contributed by atoms with Gasteiger partial charge in [-0.2, -0.15) is 0 Å². The SMILES string of the molecule is O=C(Nc1cccc(C(=O)N2CCN(CC=Cc3ccccc3)CC2)c1)c1ccco1. The van der Waals surface area contributed by atoms with Gasteiger partial charge in [-0.1, -0.05) is 48.6 Å². The second-order valence-electron chi connectivity index (χ2n) is 7.42. The molecule has 6 heteroatoms. The highest BCUT2D eigenvalue weighted by Crippen LogP contribution is 2.16. The molecule has 0 atom stereocenters. The zero-order valence-corrected chi connectivity index (χ0v) is 17.2. The van der Waals surface area contributed by atoms with E-state index >= 15 is 0 Å². The first-order chi connectivity index (χ1) is 15.2. The highest BCUT2D eigenvalue weighted by atomic mass is 16.3. The van der Waals surface area contributed by atoms with Gasteiger partial charge in [0.2, 0.25) is 0 Å². The van der Waals surface area contributed by atoms with Crippen LogP contribution in [0.3, 0.4) is 0 Å². The lowest BCUT2D eigenvalue weighted by molar-refractivity contribution is 0.0650. The van der Waals surface area contributed by atoms with Crippen molar-refractivity contribution in [1.82, 2.24) is 9.80 Å². The summed E-state index contributed by atoms with van der Waals surface area (Å²) in [6, 6.07) is 20.5. The largest absolute Gasteiger partial charge is 0.459 e. The molecule has 4 rings (SSSR count). The molecule has 3 aromatic rings. The van der Waals surface area contributed by atoms with Gasteiger partial charge in [-0.25, -0.2) is 0 Å². The van der Waals surface area contributed by atoms with E-state index in [9.17, 15) is 9.59 Å². The minimum Gasteiger partial charge on any atom is -0.459 e.